The van der Waals surface area contributed by atoms with Crippen LogP contribution in [0.5, 0.6) is 11.5 Å². The molecule has 0 aliphatic carbocycles. The molecule has 0 saturated carbocycles. The Morgan fingerprint density at radius 1 is 1.14 bits per heavy atom. The molecule has 0 aliphatic heterocycles. The Bertz CT molecular complexity index is 753. The lowest BCUT2D eigenvalue weighted by Gasteiger charge is -2.04. The molecule has 3 rings (SSSR count). The lowest BCUT2D eigenvalue weighted by molar-refractivity contribution is 0.415. The van der Waals surface area contributed by atoms with Crippen LogP contribution in [0.2, 0.25) is 0 Å². The average molecular weight is 282 g/mol. The molecular formula is C16H14N2O3. The third-order valence-electron chi connectivity index (χ3n) is 3.00. The van der Waals surface area contributed by atoms with Crippen molar-refractivity contribution in [1.29, 1.82) is 0 Å². The zero-order valence-corrected chi connectivity index (χ0v) is 11.4. The molecule has 0 atom stereocenters. The zero-order chi connectivity index (χ0) is 14.7. The number of para-hydroxylation sites is 1. The highest BCUT2D eigenvalue weighted by atomic mass is 16.5. The van der Waals surface area contributed by atoms with Crippen molar-refractivity contribution >= 4 is 11.7 Å². The molecule has 0 bridgehead atoms. The number of anilines is 2. The predicted molar refractivity (Wildman–Crippen MR) is 79.9 cm³/mol. The van der Waals surface area contributed by atoms with Gasteiger partial charge in [-0.25, -0.2) is 4.98 Å². The van der Waals surface area contributed by atoms with Gasteiger partial charge in [0.05, 0.1) is 18.9 Å². The Kier molecular flexibility index (Phi) is 3.47. The predicted octanol–water partition coefficient (Wildman–Crippen LogP) is 3.80. The molecule has 0 spiro atoms. The van der Waals surface area contributed by atoms with E-state index in [-0.39, 0.29) is 5.75 Å². The van der Waals surface area contributed by atoms with Gasteiger partial charge in [0.15, 0.2) is 5.76 Å². The number of phenolic OH excluding ortho intramolecular Hbond substituents is 1. The van der Waals surface area contributed by atoms with Crippen LogP contribution < -0.4 is 10.1 Å². The number of hydrogen-bond acceptors (Lipinski definition) is 5. The minimum Gasteiger partial charge on any atom is -0.507 e. The van der Waals surface area contributed by atoms with Crippen molar-refractivity contribution in [3.05, 3.63) is 54.7 Å². The Hall–Kier alpha value is -2.95. The summed E-state index contributed by atoms with van der Waals surface area (Å²) in [6.07, 6.45) is 1.57. The van der Waals surface area contributed by atoms with Crippen LogP contribution in [0.4, 0.5) is 11.7 Å². The van der Waals surface area contributed by atoms with Crippen molar-refractivity contribution < 1.29 is 14.3 Å². The molecule has 0 radical (unpaired) electrons. The summed E-state index contributed by atoms with van der Waals surface area (Å²) in [4.78, 5) is 4.15. The highest BCUT2D eigenvalue weighted by Crippen LogP contribution is 2.31. The first-order valence-corrected chi connectivity index (χ1v) is 6.41. The molecule has 5 heteroatoms. The molecule has 1 heterocycles. The summed E-state index contributed by atoms with van der Waals surface area (Å²) in [6.45, 7) is 0. The van der Waals surface area contributed by atoms with Crippen molar-refractivity contribution in [2.24, 2.45) is 0 Å². The third kappa shape index (κ3) is 2.81. The summed E-state index contributed by atoms with van der Waals surface area (Å²) in [5, 5.41) is 12.9. The van der Waals surface area contributed by atoms with E-state index < -0.39 is 0 Å². The summed E-state index contributed by atoms with van der Waals surface area (Å²) in [6, 6.07) is 14.7. The quantitative estimate of drug-likeness (QED) is 0.761. The number of nitrogens with one attached hydrogen (secondary N) is 1. The molecule has 0 aliphatic rings. The molecule has 0 amide bonds. The highest BCUT2D eigenvalue weighted by molar-refractivity contribution is 5.66. The SMILES string of the molecule is COc1cccc(Nc2ncc(-c3ccccc3O)o2)c1. The van der Waals surface area contributed by atoms with E-state index in [1.165, 1.54) is 0 Å². The number of rotatable bonds is 4. The van der Waals surface area contributed by atoms with E-state index in [0.717, 1.165) is 11.4 Å². The lowest BCUT2D eigenvalue weighted by atomic mass is 10.2. The van der Waals surface area contributed by atoms with Crippen molar-refractivity contribution in [3.63, 3.8) is 0 Å². The lowest BCUT2D eigenvalue weighted by Crippen LogP contribution is -1.90. The van der Waals surface area contributed by atoms with E-state index in [1.54, 1.807) is 31.5 Å². The monoisotopic (exact) mass is 282 g/mol. The Labute approximate surface area is 121 Å². The first-order chi connectivity index (χ1) is 10.3. The van der Waals surface area contributed by atoms with E-state index >= 15 is 0 Å². The van der Waals surface area contributed by atoms with Gasteiger partial charge in [-0.05, 0) is 24.3 Å². The molecule has 3 aromatic rings. The molecule has 5 nitrogen and oxygen atoms in total. The fraction of sp³-hybridized carbons (Fsp3) is 0.0625. The van der Waals surface area contributed by atoms with Gasteiger partial charge in [0, 0.05) is 11.8 Å². The molecular weight excluding hydrogens is 268 g/mol. The third-order valence-corrected chi connectivity index (χ3v) is 3.00. The minimum absolute atomic E-state index is 0.154. The molecule has 0 unspecified atom stereocenters. The van der Waals surface area contributed by atoms with Crippen LogP contribution in [0.25, 0.3) is 11.3 Å². The van der Waals surface area contributed by atoms with Crippen LogP contribution in [0.15, 0.2) is 59.1 Å². The van der Waals surface area contributed by atoms with E-state index in [1.807, 2.05) is 30.3 Å². The fourth-order valence-corrected chi connectivity index (χ4v) is 1.96. The molecule has 106 valence electrons. The Morgan fingerprint density at radius 2 is 2.00 bits per heavy atom. The number of hydrogen-bond donors (Lipinski definition) is 2. The number of benzene rings is 2. The smallest absolute Gasteiger partial charge is 0.299 e. The van der Waals surface area contributed by atoms with Crippen molar-refractivity contribution in [1.82, 2.24) is 4.98 Å². The van der Waals surface area contributed by atoms with Gasteiger partial charge in [0.2, 0.25) is 0 Å². The maximum atomic E-state index is 9.81. The number of phenols is 1. The molecule has 0 fully saturated rings. The van der Waals surface area contributed by atoms with Crippen molar-refractivity contribution in [3.8, 4) is 22.8 Å². The first kappa shape index (κ1) is 13.1. The van der Waals surface area contributed by atoms with Crippen LogP contribution in [-0.2, 0) is 0 Å². The molecule has 2 N–H and O–H groups in total. The van der Waals surface area contributed by atoms with E-state index in [0.29, 0.717) is 17.3 Å². The molecule has 1 aromatic heterocycles. The summed E-state index contributed by atoms with van der Waals surface area (Å²) < 4.78 is 10.8. The van der Waals surface area contributed by atoms with Gasteiger partial charge in [0.1, 0.15) is 11.5 Å². The highest BCUT2D eigenvalue weighted by Gasteiger charge is 2.10. The largest absolute Gasteiger partial charge is 0.507 e. The van der Waals surface area contributed by atoms with Gasteiger partial charge in [-0.15, -0.1) is 0 Å². The van der Waals surface area contributed by atoms with Gasteiger partial charge < -0.3 is 19.6 Å². The minimum atomic E-state index is 0.154. The first-order valence-electron chi connectivity index (χ1n) is 6.41. The number of methoxy groups -OCH3 is 1. The topological polar surface area (TPSA) is 67.5 Å². The van der Waals surface area contributed by atoms with Crippen LogP contribution in [0.1, 0.15) is 0 Å². The number of aromatic nitrogens is 1. The summed E-state index contributed by atoms with van der Waals surface area (Å²) >= 11 is 0. The summed E-state index contributed by atoms with van der Waals surface area (Å²) in [7, 11) is 1.61. The number of ether oxygens (including phenoxy) is 1. The van der Waals surface area contributed by atoms with Crippen molar-refractivity contribution in [2.75, 3.05) is 12.4 Å². The molecule has 21 heavy (non-hydrogen) atoms. The molecule has 0 saturated heterocycles. The van der Waals surface area contributed by atoms with Gasteiger partial charge in [-0.3, -0.25) is 0 Å². The van der Waals surface area contributed by atoms with Gasteiger partial charge in [-0.2, -0.15) is 0 Å². The Morgan fingerprint density at radius 3 is 2.81 bits per heavy atom. The normalized spacial score (nSPS) is 10.3. The fourth-order valence-electron chi connectivity index (χ4n) is 1.96. The maximum absolute atomic E-state index is 9.81. The van der Waals surface area contributed by atoms with E-state index in [9.17, 15) is 5.11 Å². The van der Waals surface area contributed by atoms with Gasteiger partial charge in [-0.1, -0.05) is 18.2 Å². The second-order valence-electron chi connectivity index (χ2n) is 4.40. The van der Waals surface area contributed by atoms with E-state index in [4.69, 9.17) is 9.15 Å². The van der Waals surface area contributed by atoms with Gasteiger partial charge in [0.25, 0.3) is 6.01 Å². The number of nitrogens with zero attached hydrogens (tertiary/aromatic N) is 1. The maximum Gasteiger partial charge on any atom is 0.299 e. The van der Waals surface area contributed by atoms with E-state index in [2.05, 4.69) is 10.3 Å². The summed E-state index contributed by atoms with van der Waals surface area (Å²) in [5.74, 6) is 1.40. The second kappa shape index (κ2) is 5.58. The van der Waals surface area contributed by atoms with Crippen molar-refractivity contribution in [2.45, 2.75) is 0 Å². The molecule has 2 aromatic carbocycles. The van der Waals surface area contributed by atoms with Crippen LogP contribution in [0.3, 0.4) is 0 Å². The van der Waals surface area contributed by atoms with Crippen LogP contribution in [-0.4, -0.2) is 17.2 Å². The Balaban J connectivity index is 1.84. The zero-order valence-electron chi connectivity index (χ0n) is 11.4. The van der Waals surface area contributed by atoms with Crippen LogP contribution in [0, 0.1) is 0 Å². The average Bonchev–Trinajstić information content (AvgIpc) is 2.96. The summed E-state index contributed by atoms with van der Waals surface area (Å²) in [5.41, 5.74) is 1.41. The van der Waals surface area contributed by atoms with Crippen LogP contribution >= 0.6 is 0 Å². The number of oxazole rings is 1. The standard InChI is InChI=1S/C16H14N2O3/c1-20-12-6-4-5-11(9-12)18-16-17-10-15(21-16)13-7-2-3-8-14(13)19/h2-10,19H,1H3,(H,17,18). The van der Waals surface area contributed by atoms with Gasteiger partial charge >= 0.3 is 0 Å². The second-order valence-corrected chi connectivity index (χ2v) is 4.40. The number of aromatic hydroxyl groups is 1.